The molecule has 2 saturated heterocycles. The molecule has 3 atom stereocenters. The van der Waals surface area contributed by atoms with Crippen molar-refractivity contribution < 1.29 is 0 Å². The van der Waals surface area contributed by atoms with Crippen molar-refractivity contribution in [1.29, 1.82) is 0 Å². The monoisotopic (exact) mass is 139 g/mol. The van der Waals surface area contributed by atoms with Crippen LogP contribution in [0.25, 0.3) is 0 Å². The average molecular weight is 139 g/mol. The Kier molecular flexibility index (Phi) is 1.48. The van der Waals surface area contributed by atoms with Gasteiger partial charge in [0.15, 0.2) is 0 Å². The van der Waals surface area contributed by atoms with E-state index in [0.717, 1.165) is 17.9 Å². The van der Waals surface area contributed by atoms with Crippen molar-refractivity contribution in [1.82, 2.24) is 4.90 Å². The van der Waals surface area contributed by atoms with E-state index in [1.54, 1.807) is 0 Å². The third-order valence-electron chi connectivity index (χ3n) is 3.47. The van der Waals surface area contributed by atoms with E-state index in [9.17, 15) is 0 Å². The lowest BCUT2D eigenvalue weighted by Crippen LogP contribution is -2.49. The topological polar surface area (TPSA) is 3.24 Å². The molecule has 1 aliphatic carbocycles. The second kappa shape index (κ2) is 2.23. The van der Waals surface area contributed by atoms with Crippen molar-refractivity contribution in [3.8, 4) is 0 Å². The minimum absolute atomic E-state index is 0.931. The van der Waals surface area contributed by atoms with Gasteiger partial charge in [0, 0.05) is 12.6 Å². The standard InChI is InChI=1S/C9H17N/c1-7-5-9-4-3-8(7)6-10(9)2/h7-9H,3-6H2,1-2H3/t7-,8+,9+/m1/s1. The number of fused-ring (bicyclic) bond motifs is 3. The second-order valence-electron chi connectivity index (χ2n) is 4.14. The van der Waals surface area contributed by atoms with Crippen LogP contribution >= 0.6 is 0 Å². The van der Waals surface area contributed by atoms with E-state index in [4.69, 9.17) is 0 Å². The van der Waals surface area contributed by atoms with Gasteiger partial charge in [-0.1, -0.05) is 6.92 Å². The van der Waals surface area contributed by atoms with Crippen LogP contribution in [0.2, 0.25) is 0 Å². The van der Waals surface area contributed by atoms with E-state index in [1.165, 1.54) is 25.8 Å². The van der Waals surface area contributed by atoms with Gasteiger partial charge in [-0.2, -0.15) is 0 Å². The Hall–Kier alpha value is -0.0400. The van der Waals surface area contributed by atoms with Crippen LogP contribution in [-0.4, -0.2) is 24.5 Å². The third-order valence-corrected chi connectivity index (χ3v) is 3.47. The van der Waals surface area contributed by atoms with Crippen LogP contribution < -0.4 is 0 Å². The summed E-state index contributed by atoms with van der Waals surface area (Å²) in [5.41, 5.74) is 0. The van der Waals surface area contributed by atoms with Crippen molar-refractivity contribution >= 4 is 0 Å². The summed E-state index contributed by atoms with van der Waals surface area (Å²) < 4.78 is 0. The number of rotatable bonds is 0. The first kappa shape index (κ1) is 6.66. The molecule has 3 aliphatic rings. The molecular formula is C9H17N. The van der Waals surface area contributed by atoms with Crippen LogP contribution in [0.3, 0.4) is 0 Å². The molecule has 2 aliphatic heterocycles. The summed E-state index contributed by atoms with van der Waals surface area (Å²) in [7, 11) is 2.28. The van der Waals surface area contributed by atoms with Crippen LogP contribution in [0.5, 0.6) is 0 Å². The summed E-state index contributed by atoms with van der Waals surface area (Å²) >= 11 is 0. The molecule has 0 aromatic carbocycles. The summed E-state index contributed by atoms with van der Waals surface area (Å²) in [6.45, 7) is 3.79. The summed E-state index contributed by atoms with van der Waals surface area (Å²) in [5, 5.41) is 0. The predicted molar refractivity (Wildman–Crippen MR) is 42.9 cm³/mol. The van der Waals surface area contributed by atoms with E-state index in [2.05, 4.69) is 18.9 Å². The van der Waals surface area contributed by atoms with Gasteiger partial charge < -0.3 is 4.90 Å². The van der Waals surface area contributed by atoms with Gasteiger partial charge in [0.2, 0.25) is 0 Å². The summed E-state index contributed by atoms with van der Waals surface area (Å²) in [6.07, 6.45) is 4.42. The Bertz CT molecular complexity index is 117. The Morgan fingerprint density at radius 1 is 1.30 bits per heavy atom. The first-order chi connectivity index (χ1) is 4.77. The highest BCUT2D eigenvalue weighted by atomic mass is 15.1. The van der Waals surface area contributed by atoms with Gasteiger partial charge in [0.1, 0.15) is 0 Å². The molecule has 0 amide bonds. The van der Waals surface area contributed by atoms with Gasteiger partial charge in [0.25, 0.3) is 0 Å². The summed E-state index contributed by atoms with van der Waals surface area (Å²) in [4.78, 5) is 2.55. The van der Waals surface area contributed by atoms with E-state index in [0.29, 0.717) is 0 Å². The number of nitrogens with zero attached hydrogens (tertiary/aromatic N) is 1. The number of piperidine rings is 2. The molecule has 0 unspecified atom stereocenters. The van der Waals surface area contributed by atoms with Crippen LogP contribution in [0.1, 0.15) is 26.2 Å². The molecule has 1 heteroatoms. The minimum Gasteiger partial charge on any atom is -0.303 e. The van der Waals surface area contributed by atoms with Gasteiger partial charge in [-0.05, 0) is 38.1 Å². The van der Waals surface area contributed by atoms with Gasteiger partial charge in [-0.15, -0.1) is 0 Å². The first-order valence-electron chi connectivity index (χ1n) is 4.47. The van der Waals surface area contributed by atoms with Crippen LogP contribution in [-0.2, 0) is 0 Å². The number of hydrogen-bond acceptors (Lipinski definition) is 1. The maximum absolute atomic E-state index is 2.55. The molecule has 10 heavy (non-hydrogen) atoms. The smallest absolute Gasteiger partial charge is 0.00950 e. The van der Waals surface area contributed by atoms with Crippen LogP contribution in [0, 0.1) is 11.8 Å². The van der Waals surface area contributed by atoms with E-state index >= 15 is 0 Å². The van der Waals surface area contributed by atoms with Gasteiger partial charge in [0.05, 0.1) is 0 Å². The Labute approximate surface area is 63.4 Å². The SMILES string of the molecule is C[C@@H]1C[C@@H]2CC[C@H]1CN2C. The maximum Gasteiger partial charge on any atom is 0.00950 e. The molecule has 2 bridgehead atoms. The van der Waals surface area contributed by atoms with E-state index in [1.807, 2.05) is 0 Å². The maximum atomic E-state index is 2.55. The quantitative estimate of drug-likeness (QED) is 0.494. The summed E-state index contributed by atoms with van der Waals surface area (Å²) in [6, 6.07) is 0.931. The summed E-state index contributed by atoms with van der Waals surface area (Å²) in [5.74, 6) is 2.03. The van der Waals surface area contributed by atoms with Gasteiger partial charge >= 0.3 is 0 Å². The molecule has 0 aromatic rings. The van der Waals surface area contributed by atoms with Crippen molar-refractivity contribution in [2.75, 3.05) is 13.6 Å². The molecule has 2 heterocycles. The lowest BCUT2D eigenvalue weighted by atomic mass is 9.73. The highest BCUT2D eigenvalue weighted by Crippen LogP contribution is 2.37. The van der Waals surface area contributed by atoms with Crippen molar-refractivity contribution in [3.63, 3.8) is 0 Å². The molecular weight excluding hydrogens is 122 g/mol. The molecule has 3 fully saturated rings. The number of hydrogen-bond donors (Lipinski definition) is 0. The minimum atomic E-state index is 0.931. The molecule has 1 saturated carbocycles. The van der Waals surface area contributed by atoms with Crippen LogP contribution in [0.4, 0.5) is 0 Å². The predicted octanol–water partition coefficient (Wildman–Crippen LogP) is 1.74. The van der Waals surface area contributed by atoms with Crippen molar-refractivity contribution in [2.24, 2.45) is 11.8 Å². The average Bonchev–Trinajstić information content (AvgIpc) is 1.91. The zero-order valence-corrected chi connectivity index (χ0v) is 7.01. The van der Waals surface area contributed by atoms with Crippen LogP contribution in [0.15, 0.2) is 0 Å². The largest absolute Gasteiger partial charge is 0.303 e. The third kappa shape index (κ3) is 0.878. The Balaban J connectivity index is 2.09. The van der Waals surface area contributed by atoms with Gasteiger partial charge in [-0.3, -0.25) is 0 Å². The Morgan fingerprint density at radius 3 is 2.40 bits per heavy atom. The molecule has 0 spiro atoms. The molecule has 0 radical (unpaired) electrons. The lowest BCUT2D eigenvalue weighted by molar-refractivity contribution is 0.0310. The highest BCUT2D eigenvalue weighted by Gasteiger charge is 2.35. The highest BCUT2D eigenvalue weighted by molar-refractivity contribution is 4.89. The zero-order chi connectivity index (χ0) is 7.14. The molecule has 58 valence electrons. The van der Waals surface area contributed by atoms with Crippen molar-refractivity contribution in [3.05, 3.63) is 0 Å². The molecule has 0 aromatic heterocycles. The fourth-order valence-corrected chi connectivity index (χ4v) is 2.62. The van der Waals surface area contributed by atoms with E-state index < -0.39 is 0 Å². The normalized spacial score (nSPS) is 48.0. The van der Waals surface area contributed by atoms with Crippen molar-refractivity contribution in [2.45, 2.75) is 32.2 Å². The molecule has 0 N–H and O–H groups in total. The van der Waals surface area contributed by atoms with Gasteiger partial charge in [-0.25, -0.2) is 0 Å². The zero-order valence-electron chi connectivity index (χ0n) is 7.01. The molecule has 1 nitrogen and oxygen atoms in total. The van der Waals surface area contributed by atoms with E-state index in [-0.39, 0.29) is 0 Å². The second-order valence-corrected chi connectivity index (χ2v) is 4.14. The Morgan fingerprint density at radius 2 is 2.10 bits per heavy atom. The first-order valence-corrected chi connectivity index (χ1v) is 4.47. The molecule has 3 rings (SSSR count). The fraction of sp³-hybridized carbons (Fsp3) is 1.00. The lowest BCUT2D eigenvalue weighted by Gasteiger charge is -2.47. The fourth-order valence-electron chi connectivity index (χ4n) is 2.62.